The summed E-state index contributed by atoms with van der Waals surface area (Å²) in [6.45, 7) is 0. The van der Waals surface area contributed by atoms with Crippen molar-refractivity contribution in [1.82, 2.24) is 0 Å². The van der Waals surface area contributed by atoms with E-state index in [0.29, 0.717) is 0 Å². The molecule has 0 aliphatic carbocycles. The van der Waals surface area contributed by atoms with Crippen LogP contribution in [0.2, 0.25) is 0 Å². The van der Waals surface area contributed by atoms with Gasteiger partial charge in [0.05, 0.1) is 0 Å². The van der Waals surface area contributed by atoms with E-state index < -0.39 is 0 Å². The van der Waals surface area contributed by atoms with E-state index in [4.69, 9.17) is 6.42 Å². The molecule has 0 rings (SSSR count). The summed E-state index contributed by atoms with van der Waals surface area (Å²) in [7, 11) is 0. The third-order valence-corrected chi connectivity index (χ3v) is 0. The van der Waals surface area contributed by atoms with Crippen LogP contribution in [0, 0.1) is 20.3 Å². The topological polar surface area (TPSA) is 0 Å². The molecule has 0 atom stereocenters. The smallest absolute Gasteiger partial charge is 0.697 e. The van der Waals surface area contributed by atoms with Crippen molar-refractivity contribution in [3.05, 3.63) is 13.9 Å². The molecular formula is C3H4W2. The Labute approximate surface area is 62.3 Å². The predicted octanol–water partition coefficient (Wildman–Crippen LogP) is 0.651. The van der Waals surface area contributed by atoms with Crippen LogP contribution in [0.15, 0.2) is 0 Å². The molecule has 0 aromatic rings. The third kappa shape index (κ3) is 48.5. The second kappa shape index (κ2) is 87.2. The molecule has 0 unspecified atom stereocenters. The predicted molar refractivity (Wildman–Crippen MR) is 14.6 cm³/mol. The summed E-state index contributed by atoms with van der Waals surface area (Å²) in [5, 5.41) is 0. The minimum absolute atomic E-state index is 0. The van der Waals surface area contributed by atoms with Gasteiger partial charge in [-0.3, -0.25) is 0 Å². The Kier molecular flexibility index (Phi) is 673. The van der Waals surface area contributed by atoms with E-state index >= 15 is 0 Å². The standard InChI is InChI=1S/C2H.CH3.2W/c1-2;;;/h1H;1H3;;/q2*-1;;+2. The fraction of sp³-hybridized carbons (Fsp3) is 0. The van der Waals surface area contributed by atoms with Crippen LogP contribution in [0.25, 0.3) is 0 Å². The van der Waals surface area contributed by atoms with E-state index in [1.54, 1.807) is 0 Å². The average Bonchev–Trinajstić information content (AvgIpc) is 1.00. The molecule has 0 saturated carbocycles. The Bertz CT molecular complexity index is 9.61. The molecule has 0 nitrogen and oxygen atoms in total. The molecule has 0 aromatic heterocycles. The first-order valence-electron chi connectivity index (χ1n) is 0.289. The van der Waals surface area contributed by atoms with Crippen molar-refractivity contribution < 1.29 is 42.1 Å². The molecule has 5 heavy (non-hydrogen) atoms. The molecule has 0 spiro atoms. The van der Waals surface area contributed by atoms with Gasteiger partial charge in [0, 0.05) is 21.1 Å². The molecule has 28 valence electrons. The summed E-state index contributed by atoms with van der Waals surface area (Å²) in [4.78, 5) is 0. The maximum absolute atomic E-state index is 5.25. The van der Waals surface area contributed by atoms with Crippen LogP contribution in [0.4, 0.5) is 0 Å². The first kappa shape index (κ1) is 38.6. The van der Waals surface area contributed by atoms with Gasteiger partial charge in [0.25, 0.3) is 0 Å². The van der Waals surface area contributed by atoms with Gasteiger partial charge in [-0.2, -0.15) is 0 Å². The average molecular weight is 408 g/mol. The summed E-state index contributed by atoms with van der Waals surface area (Å²) in [6.07, 6.45) is 9.00. The van der Waals surface area contributed by atoms with Crippen LogP contribution >= 0.6 is 0 Å². The molecule has 0 heterocycles. The Morgan fingerprint density at radius 3 is 1.20 bits per heavy atom. The van der Waals surface area contributed by atoms with Crippen LogP contribution in [0.5, 0.6) is 0 Å². The first-order chi connectivity index (χ1) is 1.00. The van der Waals surface area contributed by atoms with Crippen molar-refractivity contribution in [1.29, 1.82) is 0 Å². The molecule has 2 heteroatoms. The molecular weight excluding hydrogens is 404 g/mol. The largest absolute Gasteiger partial charge is 2.00 e. The van der Waals surface area contributed by atoms with Gasteiger partial charge in [-0.1, -0.05) is 0 Å². The zero-order valence-corrected chi connectivity index (χ0v) is 8.76. The molecule has 0 bridgehead atoms. The summed E-state index contributed by atoms with van der Waals surface area (Å²) < 4.78 is 0. The van der Waals surface area contributed by atoms with Gasteiger partial charge >= 0.3 is 21.1 Å². The summed E-state index contributed by atoms with van der Waals surface area (Å²) in [6, 6.07) is 0. The Hall–Kier alpha value is 0.937. The number of hydrogen-bond donors (Lipinski definition) is 0. The molecule has 0 fully saturated rings. The van der Waals surface area contributed by atoms with Gasteiger partial charge in [-0.05, 0) is 0 Å². The van der Waals surface area contributed by atoms with Crippen molar-refractivity contribution in [2.24, 2.45) is 0 Å². The molecule has 0 amide bonds. The SMILES string of the molecule is [C-]#C.[CH3-].[W+2].[W]. The van der Waals surface area contributed by atoms with Crippen molar-refractivity contribution >= 4 is 0 Å². The molecule has 0 radical (unpaired) electrons. The number of terminal acetylenes is 1. The van der Waals surface area contributed by atoms with Crippen molar-refractivity contribution in [2.45, 2.75) is 0 Å². The minimum atomic E-state index is 0. The van der Waals surface area contributed by atoms with E-state index in [1.165, 1.54) is 0 Å². The molecule has 0 aliphatic heterocycles. The van der Waals surface area contributed by atoms with Crippen LogP contribution in [0.3, 0.4) is 0 Å². The Morgan fingerprint density at radius 1 is 1.20 bits per heavy atom. The monoisotopic (exact) mass is 408 g/mol. The number of rotatable bonds is 0. The van der Waals surface area contributed by atoms with Crippen LogP contribution < -0.4 is 0 Å². The Morgan fingerprint density at radius 2 is 1.20 bits per heavy atom. The summed E-state index contributed by atoms with van der Waals surface area (Å²) >= 11 is 0. The second-order valence-electron chi connectivity index (χ2n) is 0. The fourth-order valence-corrected chi connectivity index (χ4v) is 0. The summed E-state index contributed by atoms with van der Waals surface area (Å²) in [5.74, 6) is 0. The van der Waals surface area contributed by atoms with Crippen LogP contribution in [-0.2, 0) is 42.1 Å². The van der Waals surface area contributed by atoms with E-state index in [-0.39, 0.29) is 49.6 Å². The van der Waals surface area contributed by atoms with E-state index in [0.717, 1.165) is 0 Å². The maximum atomic E-state index is 5.25. The van der Waals surface area contributed by atoms with Gasteiger partial charge < -0.3 is 20.3 Å². The molecule has 0 aromatic carbocycles. The molecule has 0 aliphatic rings. The van der Waals surface area contributed by atoms with E-state index in [2.05, 4.69) is 6.42 Å². The van der Waals surface area contributed by atoms with Gasteiger partial charge in [0.1, 0.15) is 0 Å². The van der Waals surface area contributed by atoms with Crippen LogP contribution in [0.1, 0.15) is 0 Å². The second-order valence-corrected chi connectivity index (χ2v) is 0. The van der Waals surface area contributed by atoms with E-state index in [9.17, 15) is 0 Å². The van der Waals surface area contributed by atoms with Gasteiger partial charge in [-0.15, -0.1) is 0 Å². The van der Waals surface area contributed by atoms with Crippen molar-refractivity contribution in [2.75, 3.05) is 0 Å². The molecule has 0 saturated heterocycles. The summed E-state index contributed by atoms with van der Waals surface area (Å²) in [5.41, 5.74) is 0. The molecule has 0 N–H and O–H groups in total. The van der Waals surface area contributed by atoms with Crippen molar-refractivity contribution in [3.8, 4) is 6.42 Å². The number of hydrogen-bond acceptors (Lipinski definition) is 0. The van der Waals surface area contributed by atoms with Crippen molar-refractivity contribution in [3.63, 3.8) is 0 Å². The normalized spacial score (nSPS) is 0.400. The third-order valence-electron chi connectivity index (χ3n) is 0. The zero-order chi connectivity index (χ0) is 2.00. The van der Waals surface area contributed by atoms with Gasteiger partial charge in [-0.25, -0.2) is 0 Å². The van der Waals surface area contributed by atoms with Gasteiger partial charge in [0.2, 0.25) is 0 Å². The van der Waals surface area contributed by atoms with Crippen LogP contribution in [-0.4, -0.2) is 0 Å². The fourth-order valence-electron chi connectivity index (χ4n) is 0. The Balaban J connectivity index is -0.00000000167. The first-order valence-corrected chi connectivity index (χ1v) is 0.289. The zero-order valence-electron chi connectivity index (χ0n) is 2.89. The minimum Gasteiger partial charge on any atom is -0.697 e. The quantitative estimate of drug-likeness (QED) is 0.409. The van der Waals surface area contributed by atoms with Gasteiger partial charge in [0.15, 0.2) is 0 Å². The van der Waals surface area contributed by atoms with E-state index in [1.807, 2.05) is 0 Å². The maximum Gasteiger partial charge on any atom is 2.00 e.